The van der Waals surface area contributed by atoms with Crippen molar-refractivity contribution in [3.8, 4) is 17.0 Å². The molecule has 0 aliphatic rings. The Bertz CT molecular complexity index is 1330. The first-order valence-electron chi connectivity index (χ1n) is 10.5. The molecule has 0 atom stereocenters. The van der Waals surface area contributed by atoms with Crippen molar-refractivity contribution in [1.82, 2.24) is 20.0 Å². The van der Waals surface area contributed by atoms with Crippen LogP contribution in [0.1, 0.15) is 25.8 Å². The standard InChI is InChI=1S/C24H23ClN4O4/c1-15(2)32-17-9-7-16(8-10-17)13-26-20(30)11-12-29-14-27-23-21(24(29)31)22(28-33-23)18-5-3-4-6-19(18)25/h3-10,14-15H,11-13H2,1-2H3,(H,26,30). The van der Waals surface area contributed by atoms with E-state index in [0.717, 1.165) is 11.3 Å². The summed E-state index contributed by atoms with van der Waals surface area (Å²) in [7, 11) is 0. The van der Waals surface area contributed by atoms with Gasteiger partial charge in [0.15, 0.2) is 0 Å². The molecular weight excluding hydrogens is 444 g/mol. The average molecular weight is 467 g/mol. The van der Waals surface area contributed by atoms with Gasteiger partial charge in [0.25, 0.3) is 11.3 Å². The van der Waals surface area contributed by atoms with E-state index in [2.05, 4.69) is 15.5 Å². The van der Waals surface area contributed by atoms with Gasteiger partial charge in [-0.15, -0.1) is 0 Å². The Morgan fingerprint density at radius 1 is 1.18 bits per heavy atom. The summed E-state index contributed by atoms with van der Waals surface area (Å²) in [4.78, 5) is 29.5. The molecule has 9 heteroatoms. The molecule has 0 saturated heterocycles. The molecule has 2 aromatic heterocycles. The van der Waals surface area contributed by atoms with E-state index in [4.69, 9.17) is 20.9 Å². The molecule has 0 spiro atoms. The Labute approximate surface area is 195 Å². The van der Waals surface area contributed by atoms with E-state index < -0.39 is 0 Å². The van der Waals surface area contributed by atoms with Crippen molar-refractivity contribution in [1.29, 1.82) is 0 Å². The van der Waals surface area contributed by atoms with Crippen molar-refractivity contribution in [3.63, 3.8) is 0 Å². The number of hydrogen-bond donors (Lipinski definition) is 1. The molecule has 4 rings (SSSR count). The highest BCUT2D eigenvalue weighted by Gasteiger charge is 2.19. The number of ether oxygens (including phenoxy) is 1. The minimum Gasteiger partial charge on any atom is -0.491 e. The number of nitrogens with one attached hydrogen (secondary N) is 1. The molecule has 2 aromatic carbocycles. The molecule has 0 radical (unpaired) electrons. The summed E-state index contributed by atoms with van der Waals surface area (Å²) in [6, 6.07) is 14.6. The summed E-state index contributed by atoms with van der Waals surface area (Å²) in [5.74, 6) is 0.605. The van der Waals surface area contributed by atoms with Crippen molar-refractivity contribution >= 4 is 28.6 Å². The van der Waals surface area contributed by atoms with Crippen LogP contribution in [0, 0.1) is 0 Å². The lowest BCUT2D eigenvalue weighted by Crippen LogP contribution is -2.27. The van der Waals surface area contributed by atoms with Gasteiger partial charge in [-0.1, -0.05) is 47.1 Å². The summed E-state index contributed by atoms with van der Waals surface area (Å²) < 4.78 is 12.2. The van der Waals surface area contributed by atoms with E-state index >= 15 is 0 Å². The third-order valence-electron chi connectivity index (χ3n) is 4.96. The van der Waals surface area contributed by atoms with Crippen molar-refractivity contribution in [2.75, 3.05) is 0 Å². The maximum absolute atomic E-state index is 13.0. The first-order chi connectivity index (χ1) is 15.9. The summed E-state index contributed by atoms with van der Waals surface area (Å²) in [5.41, 5.74) is 1.65. The van der Waals surface area contributed by atoms with Gasteiger partial charge in [-0.3, -0.25) is 14.2 Å². The second-order valence-electron chi connectivity index (χ2n) is 7.77. The predicted molar refractivity (Wildman–Crippen MR) is 125 cm³/mol. The van der Waals surface area contributed by atoms with Crippen molar-refractivity contribution in [2.24, 2.45) is 0 Å². The maximum Gasteiger partial charge on any atom is 0.266 e. The fourth-order valence-corrected chi connectivity index (χ4v) is 3.57. The van der Waals surface area contributed by atoms with Gasteiger partial charge in [-0.2, -0.15) is 0 Å². The van der Waals surface area contributed by atoms with Crippen molar-refractivity contribution < 1.29 is 14.1 Å². The fourth-order valence-electron chi connectivity index (χ4n) is 3.35. The zero-order valence-corrected chi connectivity index (χ0v) is 19.0. The second kappa shape index (κ2) is 9.87. The van der Waals surface area contributed by atoms with E-state index in [1.165, 1.54) is 10.9 Å². The van der Waals surface area contributed by atoms with E-state index in [1.54, 1.807) is 24.3 Å². The van der Waals surface area contributed by atoms with Gasteiger partial charge in [0.1, 0.15) is 23.2 Å². The SMILES string of the molecule is CC(C)Oc1ccc(CNC(=O)CCn2cnc3onc(-c4ccccc4Cl)c3c2=O)cc1. The Kier molecular flexibility index (Phi) is 6.74. The summed E-state index contributed by atoms with van der Waals surface area (Å²) in [6.45, 7) is 4.48. The number of benzene rings is 2. The number of rotatable bonds is 8. The second-order valence-corrected chi connectivity index (χ2v) is 8.18. The van der Waals surface area contributed by atoms with Crippen LogP contribution in [0.5, 0.6) is 5.75 Å². The zero-order valence-electron chi connectivity index (χ0n) is 18.2. The normalized spacial score (nSPS) is 11.2. The lowest BCUT2D eigenvalue weighted by Gasteiger charge is -2.10. The Morgan fingerprint density at radius 3 is 2.67 bits per heavy atom. The molecule has 0 aliphatic carbocycles. The molecule has 170 valence electrons. The third-order valence-corrected chi connectivity index (χ3v) is 5.29. The van der Waals surface area contributed by atoms with Crippen LogP contribution in [0.25, 0.3) is 22.4 Å². The van der Waals surface area contributed by atoms with Gasteiger partial charge in [-0.25, -0.2) is 4.98 Å². The minimum atomic E-state index is -0.343. The molecule has 0 aliphatic heterocycles. The Hall–Kier alpha value is -3.65. The van der Waals surface area contributed by atoms with Crippen LogP contribution in [-0.2, 0) is 17.9 Å². The molecule has 0 unspecified atom stereocenters. The monoisotopic (exact) mass is 466 g/mol. The van der Waals surface area contributed by atoms with Crippen LogP contribution < -0.4 is 15.6 Å². The minimum absolute atomic E-state index is 0.103. The van der Waals surface area contributed by atoms with Crippen molar-refractivity contribution in [2.45, 2.75) is 39.5 Å². The molecular formula is C24H23ClN4O4. The van der Waals surface area contributed by atoms with Crippen LogP contribution in [0.3, 0.4) is 0 Å². The number of carbonyl (C=O) groups is 1. The Balaban J connectivity index is 1.41. The lowest BCUT2D eigenvalue weighted by atomic mass is 10.1. The summed E-state index contributed by atoms with van der Waals surface area (Å²) in [6.07, 6.45) is 1.58. The highest BCUT2D eigenvalue weighted by molar-refractivity contribution is 6.33. The first kappa shape index (κ1) is 22.5. The van der Waals surface area contributed by atoms with Gasteiger partial charge in [0.2, 0.25) is 5.91 Å². The molecule has 1 amide bonds. The van der Waals surface area contributed by atoms with E-state index in [9.17, 15) is 9.59 Å². The number of carbonyl (C=O) groups excluding carboxylic acids is 1. The number of amides is 1. The van der Waals surface area contributed by atoms with Crippen LogP contribution >= 0.6 is 11.6 Å². The van der Waals surface area contributed by atoms with E-state index in [-0.39, 0.29) is 41.6 Å². The lowest BCUT2D eigenvalue weighted by molar-refractivity contribution is -0.121. The molecule has 0 saturated carbocycles. The maximum atomic E-state index is 13.0. The van der Waals surface area contributed by atoms with E-state index in [1.807, 2.05) is 38.1 Å². The highest BCUT2D eigenvalue weighted by atomic mass is 35.5. The third kappa shape index (κ3) is 5.23. The van der Waals surface area contributed by atoms with Gasteiger partial charge < -0.3 is 14.6 Å². The molecule has 0 fully saturated rings. The van der Waals surface area contributed by atoms with Gasteiger partial charge >= 0.3 is 0 Å². The number of aryl methyl sites for hydroxylation is 1. The van der Waals surface area contributed by atoms with Crippen LogP contribution in [-0.4, -0.2) is 26.7 Å². The number of aromatic nitrogens is 3. The fraction of sp³-hybridized carbons (Fsp3) is 0.250. The number of nitrogens with zero attached hydrogens (tertiary/aromatic N) is 3. The molecule has 0 bridgehead atoms. The van der Waals surface area contributed by atoms with Crippen LogP contribution in [0.2, 0.25) is 5.02 Å². The van der Waals surface area contributed by atoms with Gasteiger partial charge in [0.05, 0.1) is 11.1 Å². The molecule has 1 N–H and O–H groups in total. The topological polar surface area (TPSA) is 99.2 Å². The zero-order chi connectivity index (χ0) is 23.4. The first-order valence-corrected chi connectivity index (χ1v) is 10.9. The van der Waals surface area contributed by atoms with E-state index in [0.29, 0.717) is 22.8 Å². The molecule has 2 heterocycles. The molecule has 4 aromatic rings. The Morgan fingerprint density at radius 2 is 1.94 bits per heavy atom. The number of halogens is 1. The largest absolute Gasteiger partial charge is 0.491 e. The molecule has 8 nitrogen and oxygen atoms in total. The smallest absolute Gasteiger partial charge is 0.266 e. The molecule has 33 heavy (non-hydrogen) atoms. The summed E-state index contributed by atoms with van der Waals surface area (Å²) in [5, 5.41) is 7.53. The number of hydrogen-bond acceptors (Lipinski definition) is 6. The summed E-state index contributed by atoms with van der Waals surface area (Å²) >= 11 is 6.26. The average Bonchev–Trinajstić information content (AvgIpc) is 3.23. The highest BCUT2D eigenvalue weighted by Crippen LogP contribution is 2.30. The number of fused-ring (bicyclic) bond motifs is 1. The van der Waals surface area contributed by atoms with Gasteiger partial charge in [-0.05, 0) is 37.6 Å². The quantitative estimate of drug-likeness (QED) is 0.418. The van der Waals surface area contributed by atoms with Crippen LogP contribution in [0.4, 0.5) is 0 Å². The van der Waals surface area contributed by atoms with Crippen molar-refractivity contribution in [3.05, 3.63) is 75.8 Å². The van der Waals surface area contributed by atoms with Gasteiger partial charge in [0, 0.05) is 25.1 Å². The van der Waals surface area contributed by atoms with Crippen LogP contribution in [0.15, 0.2) is 64.2 Å². The predicted octanol–water partition coefficient (Wildman–Crippen LogP) is 4.20.